The number of benzene rings is 1. The first-order valence-electron chi connectivity index (χ1n) is 9.57. The molecule has 0 aliphatic carbocycles. The summed E-state index contributed by atoms with van der Waals surface area (Å²) in [7, 11) is 1.56. The number of methoxy groups -OCH3 is 1. The minimum atomic E-state index is -0.476. The van der Waals surface area contributed by atoms with Gasteiger partial charge < -0.3 is 25.2 Å². The Balaban J connectivity index is 1.84. The topological polar surface area (TPSA) is 91.0 Å². The smallest absolute Gasteiger partial charge is 0.317 e. The van der Waals surface area contributed by atoms with E-state index in [0.29, 0.717) is 50.5 Å². The molecule has 2 aliphatic heterocycles. The Morgan fingerprint density at radius 1 is 1.21 bits per heavy atom. The molecule has 2 N–H and O–H groups in total. The Kier molecular flexibility index (Phi) is 5.76. The number of ether oxygens (including phenoxy) is 1. The molecule has 2 fully saturated rings. The lowest BCUT2D eigenvalue weighted by Crippen LogP contribution is -2.48. The van der Waals surface area contributed by atoms with Gasteiger partial charge in [0, 0.05) is 56.2 Å². The Morgan fingerprint density at radius 2 is 1.93 bits per heavy atom. The van der Waals surface area contributed by atoms with E-state index in [0.717, 1.165) is 0 Å². The number of amides is 4. The number of carbonyl (C=O) groups is 3. The number of nitrogens with zero attached hydrogens (tertiary/aromatic N) is 2. The third-order valence-electron chi connectivity index (χ3n) is 5.19. The summed E-state index contributed by atoms with van der Waals surface area (Å²) < 4.78 is 5.22. The van der Waals surface area contributed by atoms with Gasteiger partial charge in [-0.2, -0.15) is 0 Å². The van der Waals surface area contributed by atoms with Crippen molar-refractivity contribution in [2.75, 3.05) is 39.8 Å². The molecule has 2 heterocycles. The van der Waals surface area contributed by atoms with Crippen LogP contribution in [-0.4, -0.2) is 73.5 Å². The molecule has 1 spiro atoms. The monoisotopic (exact) mass is 388 g/mol. The first-order chi connectivity index (χ1) is 13.3. The number of rotatable bonds is 3. The van der Waals surface area contributed by atoms with Gasteiger partial charge in [-0.15, -0.1) is 0 Å². The van der Waals surface area contributed by atoms with Gasteiger partial charge in [-0.3, -0.25) is 9.59 Å². The molecule has 8 heteroatoms. The Hall–Kier alpha value is -2.77. The molecule has 2 aliphatic rings. The second-order valence-electron chi connectivity index (χ2n) is 7.94. The van der Waals surface area contributed by atoms with Gasteiger partial charge in [0.1, 0.15) is 5.75 Å². The van der Waals surface area contributed by atoms with Gasteiger partial charge in [-0.05, 0) is 32.0 Å². The van der Waals surface area contributed by atoms with E-state index in [-0.39, 0.29) is 23.9 Å². The van der Waals surface area contributed by atoms with Crippen LogP contribution >= 0.6 is 0 Å². The van der Waals surface area contributed by atoms with Crippen molar-refractivity contribution in [1.82, 2.24) is 20.4 Å². The predicted octanol–water partition coefficient (Wildman–Crippen LogP) is 1.08. The molecule has 8 nitrogen and oxygen atoms in total. The van der Waals surface area contributed by atoms with Gasteiger partial charge in [-0.25, -0.2) is 4.79 Å². The highest BCUT2D eigenvalue weighted by molar-refractivity contribution is 5.95. The molecule has 1 aromatic carbocycles. The molecule has 4 amide bonds. The number of hydrogen-bond acceptors (Lipinski definition) is 4. The summed E-state index contributed by atoms with van der Waals surface area (Å²) in [5.41, 5.74) is 0.0584. The largest absolute Gasteiger partial charge is 0.497 e. The summed E-state index contributed by atoms with van der Waals surface area (Å²) in [6, 6.07) is 6.89. The maximum absolute atomic E-state index is 13.1. The van der Waals surface area contributed by atoms with Crippen LogP contribution in [0.5, 0.6) is 5.75 Å². The SMILES string of the molecule is COc1cccc(C(=O)N2CCN(C(=O)NC(C)C)CC3(CNC(=O)C3)C2)c1. The lowest BCUT2D eigenvalue weighted by Gasteiger charge is -2.33. The first-order valence-corrected chi connectivity index (χ1v) is 9.57. The van der Waals surface area contributed by atoms with E-state index in [1.807, 2.05) is 13.8 Å². The maximum Gasteiger partial charge on any atom is 0.317 e. The van der Waals surface area contributed by atoms with E-state index in [4.69, 9.17) is 4.74 Å². The molecule has 2 saturated heterocycles. The van der Waals surface area contributed by atoms with Gasteiger partial charge in [0.15, 0.2) is 0 Å². The van der Waals surface area contributed by atoms with Crippen molar-refractivity contribution in [3.63, 3.8) is 0 Å². The summed E-state index contributed by atoms with van der Waals surface area (Å²) in [5.74, 6) is 0.453. The van der Waals surface area contributed by atoms with E-state index in [9.17, 15) is 14.4 Å². The van der Waals surface area contributed by atoms with Crippen LogP contribution in [0, 0.1) is 5.41 Å². The van der Waals surface area contributed by atoms with Crippen LogP contribution in [0.4, 0.5) is 4.79 Å². The van der Waals surface area contributed by atoms with Gasteiger partial charge in [0.25, 0.3) is 5.91 Å². The average molecular weight is 388 g/mol. The summed E-state index contributed by atoms with van der Waals surface area (Å²) >= 11 is 0. The summed E-state index contributed by atoms with van der Waals surface area (Å²) in [5, 5.41) is 5.78. The van der Waals surface area contributed by atoms with E-state index in [1.54, 1.807) is 41.2 Å². The molecule has 28 heavy (non-hydrogen) atoms. The fourth-order valence-corrected chi connectivity index (χ4v) is 3.86. The minimum absolute atomic E-state index is 0.0181. The van der Waals surface area contributed by atoms with Crippen LogP contribution in [0.1, 0.15) is 30.6 Å². The van der Waals surface area contributed by atoms with Crippen molar-refractivity contribution >= 4 is 17.8 Å². The summed E-state index contributed by atoms with van der Waals surface area (Å²) in [6.07, 6.45) is 0.306. The van der Waals surface area contributed by atoms with Crippen LogP contribution in [0.25, 0.3) is 0 Å². The molecule has 0 radical (unpaired) electrons. The quantitative estimate of drug-likeness (QED) is 0.811. The van der Waals surface area contributed by atoms with Gasteiger partial charge in [0.05, 0.1) is 7.11 Å². The summed E-state index contributed by atoms with van der Waals surface area (Å²) in [4.78, 5) is 41.2. The van der Waals surface area contributed by atoms with Crippen molar-refractivity contribution in [2.45, 2.75) is 26.3 Å². The lowest BCUT2D eigenvalue weighted by atomic mass is 9.86. The maximum atomic E-state index is 13.1. The van der Waals surface area contributed by atoms with E-state index in [2.05, 4.69) is 10.6 Å². The Morgan fingerprint density at radius 3 is 2.57 bits per heavy atom. The molecular weight excluding hydrogens is 360 g/mol. The molecular formula is C20H28N4O4. The molecule has 0 saturated carbocycles. The van der Waals surface area contributed by atoms with Crippen LogP contribution in [0.15, 0.2) is 24.3 Å². The molecule has 152 valence electrons. The predicted molar refractivity (Wildman–Crippen MR) is 104 cm³/mol. The number of nitrogens with one attached hydrogen (secondary N) is 2. The zero-order valence-corrected chi connectivity index (χ0v) is 16.7. The molecule has 0 bridgehead atoms. The van der Waals surface area contributed by atoms with E-state index < -0.39 is 5.41 Å². The standard InChI is InChI=1S/C20H28N4O4/c1-14(2)22-19(27)24-8-7-23(12-20(13-24)10-17(25)21-11-20)18(26)15-5-4-6-16(9-15)28-3/h4-6,9,14H,7-8,10-13H2,1-3H3,(H,21,25)(H,22,27). The lowest BCUT2D eigenvalue weighted by molar-refractivity contribution is -0.119. The summed E-state index contributed by atoms with van der Waals surface area (Å²) in [6.45, 7) is 5.97. The second kappa shape index (κ2) is 8.08. The first kappa shape index (κ1) is 20.0. The van der Waals surface area contributed by atoms with Crippen LogP contribution in [-0.2, 0) is 4.79 Å². The Bertz CT molecular complexity index is 766. The number of carbonyl (C=O) groups excluding carboxylic acids is 3. The van der Waals surface area contributed by atoms with Crippen LogP contribution < -0.4 is 15.4 Å². The number of hydrogen-bond donors (Lipinski definition) is 2. The fraction of sp³-hybridized carbons (Fsp3) is 0.550. The molecule has 3 rings (SSSR count). The van der Waals surface area contributed by atoms with Gasteiger partial charge >= 0.3 is 6.03 Å². The highest BCUT2D eigenvalue weighted by Crippen LogP contribution is 2.31. The molecule has 1 aromatic rings. The highest BCUT2D eigenvalue weighted by atomic mass is 16.5. The molecule has 0 aromatic heterocycles. The molecule has 1 unspecified atom stereocenters. The minimum Gasteiger partial charge on any atom is -0.497 e. The van der Waals surface area contributed by atoms with Crippen molar-refractivity contribution < 1.29 is 19.1 Å². The second-order valence-corrected chi connectivity index (χ2v) is 7.94. The molecule has 1 atom stereocenters. The van der Waals surface area contributed by atoms with Gasteiger partial charge in [0.2, 0.25) is 5.91 Å². The Labute approximate surface area is 165 Å². The van der Waals surface area contributed by atoms with Crippen molar-refractivity contribution in [2.24, 2.45) is 5.41 Å². The van der Waals surface area contributed by atoms with Crippen LogP contribution in [0.3, 0.4) is 0 Å². The average Bonchev–Trinajstić information content (AvgIpc) is 2.91. The normalized spacial score (nSPS) is 22.2. The van der Waals surface area contributed by atoms with E-state index >= 15 is 0 Å². The van der Waals surface area contributed by atoms with Gasteiger partial charge in [-0.1, -0.05) is 6.07 Å². The third kappa shape index (κ3) is 4.37. The van der Waals surface area contributed by atoms with Crippen molar-refractivity contribution in [3.05, 3.63) is 29.8 Å². The fourth-order valence-electron chi connectivity index (χ4n) is 3.86. The van der Waals surface area contributed by atoms with Crippen molar-refractivity contribution in [1.29, 1.82) is 0 Å². The zero-order valence-electron chi connectivity index (χ0n) is 16.7. The third-order valence-corrected chi connectivity index (χ3v) is 5.19. The van der Waals surface area contributed by atoms with E-state index in [1.165, 1.54) is 0 Å². The van der Waals surface area contributed by atoms with Crippen molar-refractivity contribution in [3.8, 4) is 5.75 Å². The highest BCUT2D eigenvalue weighted by Gasteiger charge is 2.45. The van der Waals surface area contributed by atoms with Crippen LogP contribution in [0.2, 0.25) is 0 Å². The zero-order chi connectivity index (χ0) is 20.3. The number of urea groups is 1.